The van der Waals surface area contributed by atoms with Gasteiger partial charge in [-0.15, -0.1) is 11.3 Å². The van der Waals surface area contributed by atoms with Gasteiger partial charge in [-0.2, -0.15) is 5.10 Å². The standard InChI is InChI=1S/C17H26N6S/c1-18-17(19-6-2-9-23-10-3-7-21-23)20-8-12-22-11-4-16-15(14-22)5-13-24-16/h3,5,7,10,13H,2,4,6,8-9,11-12,14H2,1H3,(H2,18,19,20). The van der Waals surface area contributed by atoms with E-state index in [2.05, 4.69) is 37.1 Å². The average molecular weight is 347 g/mol. The lowest BCUT2D eigenvalue weighted by molar-refractivity contribution is 0.260. The summed E-state index contributed by atoms with van der Waals surface area (Å²) >= 11 is 1.89. The van der Waals surface area contributed by atoms with Crippen LogP contribution in [0.25, 0.3) is 0 Å². The summed E-state index contributed by atoms with van der Waals surface area (Å²) in [6.45, 7) is 6.01. The molecule has 1 aliphatic heterocycles. The van der Waals surface area contributed by atoms with E-state index in [0.29, 0.717) is 0 Å². The summed E-state index contributed by atoms with van der Waals surface area (Å²) in [4.78, 5) is 8.36. The fraction of sp³-hybridized carbons (Fsp3) is 0.529. The topological polar surface area (TPSA) is 57.5 Å². The molecular formula is C17H26N6S. The first-order valence-corrected chi connectivity index (χ1v) is 9.42. The van der Waals surface area contributed by atoms with Crippen LogP contribution in [-0.2, 0) is 19.5 Å². The van der Waals surface area contributed by atoms with Crippen LogP contribution in [0.3, 0.4) is 0 Å². The Morgan fingerprint density at radius 2 is 2.25 bits per heavy atom. The van der Waals surface area contributed by atoms with Crippen molar-refractivity contribution in [3.63, 3.8) is 0 Å². The predicted molar refractivity (Wildman–Crippen MR) is 99.5 cm³/mol. The maximum atomic E-state index is 4.29. The van der Waals surface area contributed by atoms with Crippen LogP contribution >= 0.6 is 11.3 Å². The fourth-order valence-corrected chi connectivity index (χ4v) is 3.82. The molecule has 3 heterocycles. The third-order valence-electron chi connectivity index (χ3n) is 4.25. The minimum atomic E-state index is 0.878. The maximum Gasteiger partial charge on any atom is 0.191 e. The molecule has 130 valence electrons. The molecule has 0 radical (unpaired) electrons. The van der Waals surface area contributed by atoms with Gasteiger partial charge in [0.2, 0.25) is 0 Å². The molecule has 0 bridgehead atoms. The molecule has 0 spiro atoms. The van der Waals surface area contributed by atoms with Gasteiger partial charge in [-0.05, 0) is 35.9 Å². The largest absolute Gasteiger partial charge is 0.356 e. The van der Waals surface area contributed by atoms with Gasteiger partial charge in [0.25, 0.3) is 0 Å². The van der Waals surface area contributed by atoms with Crippen LogP contribution in [0.1, 0.15) is 16.9 Å². The SMILES string of the molecule is CN=C(NCCCn1cccn1)NCCN1CCc2sccc2C1. The van der Waals surface area contributed by atoms with Gasteiger partial charge in [0.1, 0.15) is 0 Å². The molecule has 24 heavy (non-hydrogen) atoms. The highest BCUT2D eigenvalue weighted by Crippen LogP contribution is 2.23. The van der Waals surface area contributed by atoms with Gasteiger partial charge in [0.05, 0.1) is 0 Å². The number of aliphatic imine (C=N–C) groups is 1. The van der Waals surface area contributed by atoms with Gasteiger partial charge in [-0.25, -0.2) is 0 Å². The van der Waals surface area contributed by atoms with Gasteiger partial charge in [-0.1, -0.05) is 0 Å². The van der Waals surface area contributed by atoms with E-state index in [4.69, 9.17) is 0 Å². The first-order valence-electron chi connectivity index (χ1n) is 8.54. The first-order chi connectivity index (χ1) is 11.8. The predicted octanol–water partition coefficient (Wildman–Crippen LogP) is 1.56. The summed E-state index contributed by atoms with van der Waals surface area (Å²) < 4.78 is 1.95. The lowest BCUT2D eigenvalue weighted by Gasteiger charge is -2.27. The van der Waals surface area contributed by atoms with Crippen LogP contribution in [0.5, 0.6) is 0 Å². The van der Waals surface area contributed by atoms with Crippen molar-refractivity contribution >= 4 is 17.3 Å². The van der Waals surface area contributed by atoms with E-state index in [-0.39, 0.29) is 0 Å². The Morgan fingerprint density at radius 3 is 3.08 bits per heavy atom. The first kappa shape index (κ1) is 17.0. The van der Waals surface area contributed by atoms with Crippen molar-refractivity contribution in [2.75, 3.05) is 33.2 Å². The Morgan fingerprint density at radius 1 is 1.33 bits per heavy atom. The zero-order valence-corrected chi connectivity index (χ0v) is 15.1. The molecule has 0 saturated carbocycles. The van der Waals surface area contributed by atoms with Crippen LogP contribution in [0, 0.1) is 0 Å². The lowest BCUT2D eigenvalue weighted by atomic mass is 10.1. The quantitative estimate of drug-likeness (QED) is 0.454. The van der Waals surface area contributed by atoms with Crippen molar-refractivity contribution in [3.05, 3.63) is 40.3 Å². The molecular weight excluding hydrogens is 320 g/mol. The Kier molecular flexibility index (Phi) is 6.26. The van der Waals surface area contributed by atoms with E-state index in [1.165, 1.54) is 12.0 Å². The molecule has 0 fully saturated rings. The molecule has 0 atom stereocenters. The molecule has 0 aromatic carbocycles. The highest BCUT2D eigenvalue weighted by molar-refractivity contribution is 7.10. The number of hydrogen-bond acceptors (Lipinski definition) is 4. The molecule has 3 rings (SSSR count). The number of rotatable bonds is 7. The summed E-state index contributed by atoms with van der Waals surface area (Å²) in [5.41, 5.74) is 1.51. The summed E-state index contributed by atoms with van der Waals surface area (Å²) in [5, 5.41) is 13.2. The highest BCUT2D eigenvalue weighted by atomic mass is 32.1. The summed E-state index contributed by atoms with van der Waals surface area (Å²) in [7, 11) is 1.82. The van der Waals surface area contributed by atoms with Crippen molar-refractivity contribution in [1.29, 1.82) is 0 Å². The zero-order valence-electron chi connectivity index (χ0n) is 14.2. The third kappa shape index (κ3) is 4.82. The number of guanidine groups is 1. The number of aromatic nitrogens is 2. The Labute approximate surface area is 147 Å². The average Bonchev–Trinajstić information content (AvgIpc) is 3.27. The lowest BCUT2D eigenvalue weighted by Crippen LogP contribution is -2.42. The van der Waals surface area contributed by atoms with E-state index in [0.717, 1.165) is 51.6 Å². The fourth-order valence-electron chi connectivity index (χ4n) is 2.93. The van der Waals surface area contributed by atoms with Crippen molar-refractivity contribution in [2.24, 2.45) is 4.99 Å². The summed E-state index contributed by atoms with van der Waals surface area (Å²) in [6.07, 6.45) is 6.01. The third-order valence-corrected chi connectivity index (χ3v) is 5.27. The van der Waals surface area contributed by atoms with Crippen LogP contribution < -0.4 is 10.6 Å². The number of hydrogen-bond donors (Lipinski definition) is 2. The molecule has 7 heteroatoms. The summed E-state index contributed by atoms with van der Waals surface area (Å²) in [6, 6.07) is 4.22. The molecule has 1 aliphatic rings. The number of fused-ring (bicyclic) bond motifs is 1. The number of aryl methyl sites for hydroxylation is 1. The van der Waals surface area contributed by atoms with Gasteiger partial charge >= 0.3 is 0 Å². The Balaban J connectivity index is 1.30. The second-order valence-corrected chi connectivity index (χ2v) is 6.94. The monoisotopic (exact) mass is 346 g/mol. The van der Waals surface area contributed by atoms with Gasteiger partial charge in [0.15, 0.2) is 5.96 Å². The molecule has 2 aromatic heterocycles. The molecule has 0 aliphatic carbocycles. The number of nitrogens with zero attached hydrogens (tertiary/aromatic N) is 4. The molecule has 0 unspecified atom stereocenters. The van der Waals surface area contributed by atoms with Crippen LogP contribution in [0.4, 0.5) is 0 Å². The van der Waals surface area contributed by atoms with Crippen molar-refractivity contribution in [1.82, 2.24) is 25.3 Å². The zero-order chi connectivity index (χ0) is 16.6. The Bertz CT molecular complexity index is 633. The van der Waals surface area contributed by atoms with E-state index in [1.807, 2.05) is 41.5 Å². The van der Waals surface area contributed by atoms with E-state index >= 15 is 0 Å². The number of nitrogens with one attached hydrogen (secondary N) is 2. The second kappa shape index (κ2) is 8.84. The molecule has 2 aromatic rings. The van der Waals surface area contributed by atoms with Gasteiger partial charge in [-0.3, -0.25) is 14.6 Å². The number of thiophene rings is 1. The smallest absolute Gasteiger partial charge is 0.191 e. The minimum Gasteiger partial charge on any atom is -0.356 e. The van der Waals surface area contributed by atoms with Gasteiger partial charge < -0.3 is 10.6 Å². The highest BCUT2D eigenvalue weighted by Gasteiger charge is 2.16. The van der Waals surface area contributed by atoms with Crippen molar-refractivity contribution in [3.8, 4) is 0 Å². The van der Waals surface area contributed by atoms with Crippen LogP contribution in [0.15, 0.2) is 34.9 Å². The normalized spacial score (nSPS) is 15.3. The maximum absolute atomic E-state index is 4.29. The summed E-state index contributed by atoms with van der Waals surface area (Å²) in [5.74, 6) is 0.878. The van der Waals surface area contributed by atoms with Gasteiger partial charge in [0, 0.05) is 63.6 Å². The molecule has 6 nitrogen and oxygen atoms in total. The van der Waals surface area contributed by atoms with E-state index < -0.39 is 0 Å². The van der Waals surface area contributed by atoms with Crippen LogP contribution in [0.2, 0.25) is 0 Å². The van der Waals surface area contributed by atoms with E-state index in [9.17, 15) is 0 Å². The van der Waals surface area contributed by atoms with Crippen molar-refractivity contribution in [2.45, 2.75) is 25.9 Å². The van der Waals surface area contributed by atoms with Crippen LogP contribution in [-0.4, -0.2) is 53.9 Å². The van der Waals surface area contributed by atoms with Crippen molar-refractivity contribution < 1.29 is 0 Å². The van der Waals surface area contributed by atoms with E-state index in [1.54, 1.807) is 4.88 Å². The molecule has 2 N–H and O–H groups in total. The molecule has 0 amide bonds. The minimum absolute atomic E-state index is 0.878. The molecule has 0 saturated heterocycles. The second-order valence-electron chi connectivity index (χ2n) is 5.94. The Hall–Kier alpha value is -1.86.